The van der Waals surface area contributed by atoms with Crippen LogP contribution in [0.3, 0.4) is 0 Å². The minimum atomic E-state index is -1.37. The van der Waals surface area contributed by atoms with Gasteiger partial charge in [0.05, 0.1) is 27.6 Å². The molecule has 5 N–H and O–H groups in total. The van der Waals surface area contributed by atoms with E-state index in [4.69, 9.17) is 21.0 Å². The molecule has 0 radical (unpaired) electrons. The number of benzene rings is 2. The molecule has 3 aromatic rings. The molecule has 0 aliphatic heterocycles. The SMILES string of the molecule is CS(=O)c1cc(-c2ncc(-c3ccc(C(=N)N)cc3)[nH]2)ccc1OCC(=O)O. The molecule has 1 unspecified atom stereocenters. The third kappa shape index (κ3) is 4.26. The van der Waals surface area contributed by atoms with Crippen molar-refractivity contribution in [3.8, 4) is 28.4 Å². The van der Waals surface area contributed by atoms with Crippen molar-refractivity contribution in [1.82, 2.24) is 9.97 Å². The van der Waals surface area contributed by atoms with Crippen molar-refractivity contribution < 1.29 is 18.8 Å². The average Bonchev–Trinajstić information content (AvgIpc) is 3.16. The molecule has 0 aliphatic rings. The van der Waals surface area contributed by atoms with Crippen molar-refractivity contribution in [3.05, 3.63) is 54.2 Å². The summed E-state index contributed by atoms with van der Waals surface area (Å²) in [5.41, 5.74) is 8.45. The van der Waals surface area contributed by atoms with E-state index in [0.717, 1.165) is 11.3 Å². The van der Waals surface area contributed by atoms with Gasteiger partial charge in [-0.1, -0.05) is 24.3 Å². The number of imidazole rings is 1. The Morgan fingerprint density at radius 1 is 1.25 bits per heavy atom. The van der Waals surface area contributed by atoms with E-state index in [9.17, 15) is 9.00 Å². The third-order valence-electron chi connectivity index (χ3n) is 3.96. The van der Waals surface area contributed by atoms with Gasteiger partial charge >= 0.3 is 5.97 Å². The molecule has 0 saturated carbocycles. The second-order valence-electron chi connectivity index (χ2n) is 5.93. The number of carbonyl (C=O) groups is 1. The summed E-state index contributed by atoms with van der Waals surface area (Å²) < 4.78 is 17.2. The fraction of sp³-hybridized carbons (Fsp3) is 0.105. The largest absolute Gasteiger partial charge is 0.481 e. The first kappa shape index (κ1) is 19.3. The first-order chi connectivity index (χ1) is 13.3. The van der Waals surface area contributed by atoms with Crippen LogP contribution in [0.5, 0.6) is 5.75 Å². The number of amidine groups is 1. The van der Waals surface area contributed by atoms with Gasteiger partial charge in [0.1, 0.15) is 17.4 Å². The second kappa shape index (κ2) is 8.05. The maximum absolute atomic E-state index is 12.0. The van der Waals surface area contributed by atoms with Crippen LogP contribution in [0.15, 0.2) is 53.6 Å². The lowest BCUT2D eigenvalue weighted by atomic mass is 10.1. The van der Waals surface area contributed by atoms with Crippen LogP contribution in [-0.4, -0.2) is 44.0 Å². The van der Waals surface area contributed by atoms with Gasteiger partial charge in [-0.15, -0.1) is 0 Å². The predicted molar refractivity (Wildman–Crippen MR) is 106 cm³/mol. The minimum Gasteiger partial charge on any atom is -0.481 e. The Hall–Kier alpha value is -3.46. The molecule has 8 nitrogen and oxygen atoms in total. The van der Waals surface area contributed by atoms with E-state index >= 15 is 0 Å². The Labute approximate surface area is 163 Å². The van der Waals surface area contributed by atoms with Crippen LogP contribution in [0.25, 0.3) is 22.6 Å². The molecule has 0 aliphatic carbocycles. The quantitative estimate of drug-likeness (QED) is 0.355. The zero-order chi connectivity index (χ0) is 20.3. The van der Waals surface area contributed by atoms with Gasteiger partial charge < -0.3 is 20.6 Å². The molecular formula is C19H18N4O4S. The number of carboxylic acids is 1. The maximum Gasteiger partial charge on any atom is 0.341 e. The molecule has 144 valence electrons. The van der Waals surface area contributed by atoms with Crippen LogP contribution in [0, 0.1) is 5.41 Å². The number of carboxylic acid groups (broad SMARTS) is 1. The zero-order valence-electron chi connectivity index (χ0n) is 14.9. The number of nitrogens with two attached hydrogens (primary N) is 1. The van der Waals surface area contributed by atoms with Crippen LogP contribution >= 0.6 is 0 Å². The van der Waals surface area contributed by atoms with Gasteiger partial charge in [-0.3, -0.25) is 9.62 Å². The molecule has 0 amide bonds. The average molecular weight is 398 g/mol. The lowest BCUT2D eigenvalue weighted by Crippen LogP contribution is -2.10. The smallest absolute Gasteiger partial charge is 0.341 e. The fourth-order valence-corrected chi connectivity index (χ4v) is 3.29. The number of hydrogen-bond donors (Lipinski definition) is 4. The van der Waals surface area contributed by atoms with E-state index in [0.29, 0.717) is 21.8 Å². The molecule has 28 heavy (non-hydrogen) atoms. The number of ether oxygens (including phenoxy) is 1. The number of nitrogens with zero attached hydrogens (tertiary/aromatic N) is 1. The summed E-state index contributed by atoms with van der Waals surface area (Å²) in [5, 5.41) is 16.2. The van der Waals surface area contributed by atoms with Crippen LogP contribution in [0.2, 0.25) is 0 Å². The fourth-order valence-electron chi connectivity index (χ4n) is 2.58. The number of aliphatic carboxylic acids is 1. The minimum absolute atomic E-state index is 0.00199. The summed E-state index contributed by atoms with van der Waals surface area (Å²) in [4.78, 5) is 18.7. The van der Waals surface area contributed by atoms with Crippen LogP contribution < -0.4 is 10.5 Å². The Kier molecular flexibility index (Phi) is 5.55. The van der Waals surface area contributed by atoms with Crippen molar-refractivity contribution in [3.63, 3.8) is 0 Å². The molecule has 1 aromatic heterocycles. The van der Waals surface area contributed by atoms with Gasteiger partial charge in [-0.25, -0.2) is 9.78 Å². The Balaban J connectivity index is 1.90. The lowest BCUT2D eigenvalue weighted by Gasteiger charge is -2.09. The Morgan fingerprint density at radius 3 is 2.54 bits per heavy atom. The molecule has 0 saturated heterocycles. The van der Waals surface area contributed by atoms with Crippen LogP contribution in [0.1, 0.15) is 5.56 Å². The number of aromatic nitrogens is 2. The van der Waals surface area contributed by atoms with Gasteiger partial charge in [-0.2, -0.15) is 0 Å². The Bertz CT molecular complexity index is 1060. The van der Waals surface area contributed by atoms with Crippen molar-refractivity contribution in [2.24, 2.45) is 5.73 Å². The third-order valence-corrected chi connectivity index (χ3v) is 4.90. The van der Waals surface area contributed by atoms with Gasteiger partial charge in [0.15, 0.2) is 6.61 Å². The number of H-pyrrole nitrogens is 1. The van der Waals surface area contributed by atoms with E-state index in [-0.39, 0.29) is 11.6 Å². The normalized spacial score (nSPS) is 11.8. The summed E-state index contributed by atoms with van der Waals surface area (Å²) in [5.74, 6) is -0.272. The highest BCUT2D eigenvalue weighted by Crippen LogP contribution is 2.29. The second-order valence-corrected chi connectivity index (χ2v) is 7.28. The van der Waals surface area contributed by atoms with Gasteiger partial charge in [0, 0.05) is 17.4 Å². The summed E-state index contributed by atoms with van der Waals surface area (Å²) >= 11 is 0. The number of aromatic amines is 1. The van der Waals surface area contributed by atoms with E-state index in [1.165, 1.54) is 6.26 Å². The van der Waals surface area contributed by atoms with E-state index < -0.39 is 23.4 Å². The number of hydrogen-bond acceptors (Lipinski definition) is 5. The van der Waals surface area contributed by atoms with Crippen molar-refractivity contribution in [1.29, 1.82) is 5.41 Å². The zero-order valence-corrected chi connectivity index (χ0v) is 15.7. The molecule has 3 rings (SSSR count). The highest BCUT2D eigenvalue weighted by Gasteiger charge is 2.13. The first-order valence-electron chi connectivity index (χ1n) is 8.17. The molecule has 0 fully saturated rings. The summed E-state index contributed by atoms with van der Waals surface area (Å²) in [7, 11) is -1.37. The highest BCUT2D eigenvalue weighted by molar-refractivity contribution is 7.84. The molecule has 0 spiro atoms. The van der Waals surface area contributed by atoms with E-state index in [2.05, 4.69) is 9.97 Å². The van der Waals surface area contributed by atoms with Crippen LogP contribution in [0.4, 0.5) is 0 Å². The topological polar surface area (TPSA) is 142 Å². The van der Waals surface area contributed by atoms with Crippen molar-refractivity contribution in [2.75, 3.05) is 12.9 Å². The highest BCUT2D eigenvalue weighted by atomic mass is 32.2. The summed E-state index contributed by atoms with van der Waals surface area (Å²) in [6.45, 7) is -0.509. The first-order valence-corrected chi connectivity index (χ1v) is 9.73. The van der Waals surface area contributed by atoms with Gasteiger partial charge in [-0.05, 0) is 23.8 Å². The molecule has 9 heteroatoms. The van der Waals surface area contributed by atoms with Gasteiger partial charge in [0.2, 0.25) is 0 Å². The lowest BCUT2D eigenvalue weighted by molar-refractivity contribution is -0.139. The van der Waals surface area contributed by atoms with Crippen LogP contribution in [-0.2, 0) is 15.6 Å². The predicted octanol–water partition coefficient (Wildman–Crippen LogP) is 2.23. The number of nitrogen functional groups attached to an aromatic ring is 1. The molecule has 1 atom stereocenters. The molecule has 0 bridgehead atoms. The summed E-state index contributed by atoms with van der Waals surface area (Å²) in [6.07, 6.45) is 3.17. The molecule has 2 aromatic carbocycles. The number of rotatable bonds is 7. The monoisotopic (exact) mass is 398 g/mol. The molecule has 1 heterocycles. The Morgan fingerprint density at radius 2 is 1.93 bits per heavy atom. The molecular weight excluding hydrogens is 380 g/mol. The maximum atomic E-state index is 12.0. The standard InChI is InChI=1S/C19H18N4O4S/c1-28(26)16-8-13(6-7-15(16)27-10-17(24)25)19-22-9-14(23-19)11-2-4-12(5-3-11)18(20)21/h2-9H,10H2,1H3,(H3,20,21)(H,22,23)(H,24,25). The summed E-state index contributed by atoms with van der Waals surface area (Å²) in [6, 6.07) is 12.1. The van der Waals surface area contributed by atoms with E-state index in [1.54, 1.807) is 36.5 Å². The van der Waals surface area contributed by atoms with Crippen molar-refractivity contribution in [2.45, 2.75) is 4.90 Å². The van der Waals surface area contributed by atoms with Gasteiger partial charge in [0.25, 0.3) is 0 Å². The van der Waals surface area contributed by atoms with Crippen molar-refractivity contribution >= 4 is 22.6 Å². The van der Waals surface area contributed by atoms with E-state index in [1.807, 2.05) is 12.1 Å². The number of nitrogens with one attached hydrogen (secondary N) is 2.